The summed E-state index contributed by atoms with van der Waals surface area (Å²) < 4.78 is 34.5. The molecule has 1 aliphatic carbocycles. The molecule has 176 valence electrons. The van der Waals surface area contributed by atoms with E-state index >= 15 is 0 Å². The highest BCUT2D eigenvalue weighted by Crippen LogP contribution is 2.38. The molecule has 1 nitrogen and oxygen atoms in total. The summed E-state index contributed by atoms with van der Waals surface area (Å²) in [5.74, 6) is -0.218. The highest BCUT2D eigenvalue weighted by molar-refractivity contribution is 5.66. The zero-order valence-corrected chi connectivity index (χ0v) is 20.1. The molecule has 0 amide bonds. The van der Waals surface area contributed by atoms with Crippen molar-refractivity contribution < 1.29 is 13.5 Å². The molecule has 0 aliphatic heterocycles. The molecule has 0 unspecified atom stereocenters. The average Bonchev–Trinajstić information content (AvgIpc) is 2.80. The van der Waals surface area contributed by atoms with E-state index in [0.29, 0.717) is 11.5 Å². The van der Waals surface area contributed by atoms with Crippen molar-refractivity contribution in [3.05, 3.63) is 53.6 Å². The first-order valence-corrected chi connectivity index (χ1v) is 12.8. The Morgan fingerprint density at radius 2 is 1.59 bits per heavy atom. The van der Waals surface area contributed by atoms with E-state index < -0.39 is 11.6 Å². The largest absolute Gasteiger partial charge is 0.488 e. The Labute approximate surface area is 193 Å². The first kappa shape index (κ1) is 24.7. The van der Waals surface area contributed by atoms with Crippen LogP contribution in [0, 0.1) is 17.6 Å². The second-order valence-electron chi connectivity index (χ2n) is 9.68. The Morgan fingerprint density at radius 3 is 2.25 bits per heavy atom. The molecule has 1 fully saturated rings. The van der Waals surface area contributed by atoms with E-state index in [4.69, 9.17) is 4.74 Å². The van der Waals surface area contributed by atoms with Gasteiger partial charge in [-0.25, -0.2) is 4.39 Å². The van der Waals surface area contributed by atoms with Gasteiger partial charge >= 0.3 is 0 Å². The van der Waals surface area contributed by atoms with Crippen LogP contribution in [0.2, 0.25) is 0 Å². The summed E-state index contributed by atoms with van der Waals surface area (Å²) in [5, 5.41) is 0. The van der Waals surface area contributed by atoms with Gasteiger partial charge in [0.05, 0.1) is 6.10 Å². The second-order valence-corrected chi connectivity index (χ2v) is 9.68. The van der Waals surface area contributed by atoms with E-state index in [2.05, 4.69) is 26.0 Å². The fourth-order valence-corrected chi connectivity index (χ4v) is 5.09. The fourth-order valence-electron chi connectivity index (χ4n) is 5.09. The number of unbranched alkanes of at least 4 members (excludes halogenated alkanes) is 3. The SMILES string of the molecule is CCCCCC[C@@H](C)Oc1cc(-c2ccc(C3CCC(CCC)CC3)cc2)cc(F)c1F. The third-order valence-electron chi connectivity index (χ3n) is 7.05. The number of ether oxygens (including phenoxy) is 1. The molecule has 3 rings (SSSR count). The van der Waals surface area contributed by atoms with Gasteiger partial charge in [0.1, 0.15) is 0 Å². The first-order valence-electron chi connectivity index (χ1n) is 12.8. The molecule has 0 heterocycles. The lowest BCUT2D eigenvalue weighted by molar-refractivity contribution is 0.195. The second kappa shape index (κ2) is 12.4. The van der Waals surface area contributed by atoms with Crippen LogP contribution in [0.25, 0.3) is 11.1 Å². The van der Waals surface area contributed by atoms with Gasteiger partial charge in [0, 0.05) is 0 Å². The summed E-state index contributed by atoms with van der Waals surface area (Å²) in [6.07, 6.45) is 13.0. The minimum atomic E-state index is -0.894. The van der Waals surface area contributed by atoms with Crippen molar-refractivity contribution in [1.29, 1.82) is 0 Å². The zero-order chi connectivity index (χ0) is 22.9. The molecule has 0 saturated heterocycles. The summed E-state index contributed by atoms with van der Waals surface area (Å²) in [6.45, 7) is 6.38. The third kappa shape index (κ3) is 6.80. The smallest absolute Gasteiger partial charge is 0.200 e. The summed E-state index contributed by atoms with van der Waals surface area (Å²) in [6, 6.07) is 11.3. The van der Waals surface area contributed by atoms with Crippen molar-refractivity contribution in [2.75, 3.05) is 0 Å². The molecule has 2 aromatic carbocycles. The molecule has 3 heteroatoms. The van der Waals surface area contributed by atoms with Gasteiger partial charge in [-0.2, -0.15) is 4.39 Å². The van der Waals surface area contributed by atoms with E-state index in [1.807, 2.05) is 19.1 Å². The van der Waals surface area contributed by atoms with Gasteiger partial charge in [0.15, 0.2) is 11.6 Å². The van der Waals surface area contributed by atoms with Crippen LogP contribution < -0.4 is 4.74 Å². The maximum absolute atomic E-state index is 14.4. The molecule has 32 heavy (non-hydrogen) atoms. The maximum atomic E-state index is 14.4. The van der Waals surface area contributed by atoms with Crippen LogP contribution in [0.1, 0.15) is 103 Å². The van der Waals surface area contributed by atoms with Crippen molar-refractivity contribution in [1.82, 2.24) is 0 Å². The Bertz CT molecular complexity index is 822. The fraction of sp³-hybridized carbons (Fsp3) is 0.586. The molecule has 0 radical (unpaired) electrons. The monoisotopic (exact) mass is 442 g/mol. The maximum Gasteiger partial charge on any atom is 0.200 e. The summed E-state index contributed by atoms with van der Waals surface area (Å²) in [4.78, 5) is 0. The van der Waals surface area contributed by atoms with Crippen LogP contribution in [0.5, 0.6) is 5.75 Å². The van der Waals surface area contributed by atoms with Crippen molar-refractivity contribution >= 4 is 0 Å². The zero-order valence-electron chi connectivity index (χ0n) is 20.1. The Morgan fingerprint density at radius 1 is 0.875 bits per heavy atom. The number of hydrogen-bond donors (Lipinski definition) is 0. The van der Waals surface area contributed by atoms with Gasteiger partial charge in [0.25, 0.3) is 0 Å². The molecular formula is C29H40F2O. The lowest BCUT2D eigenvalue weighted by Gasteiger charge is -2.28. The van der Waals surface area contributed by atoms with E-state index in [9.17, 15) is 8.78 Å². The average molecular weight is 443 g/mol. The number of rotatable bonds is 11. The Hall–Kier alpha value is -1.90. The van der Waals surface area contributed by atoms with Gasteiger partial charge in [0.2, 0.25) is 5.82 Å². The highest BCUT2D eigenvalue weighted by Gasteiger charge is 2.22. The van der Waals surface area contributed by atoms with Gasteiger partial charge in [-0.1, -0.05) is 70.2 Å². The van der Waals surface area contributed by atoms with Gasteiger partial charge in [-0.15, -0.1) is 0 Å². The van der Waals surface area contributed by atoms with Crippen molar-refractivity contribution in [3.8, 4) is 16.9 Å². The van der Waals surface area contributed by atoms with Crippen molar-refractivity contribution in [3.63, 3.8) is 0 Å². The normalized spacial score (nSPS) is 19.7. The minimum Gasteiger partial charge on any atom is -0.488 e. The van der Waals surface area contributed by atoms with Crippen molar-refractivity contribution in [2.45, 2.75) is 103 Å². The molecule has 1 aliphatic rings. The Kier molecular flexibility index (Phi) is 9.56. The van der Waals surface area contributed by atoms with E-state index in [0.717, 1.165) is 30.7 Å². The predicted octanol–water partition coefficient (Wildman–Crippen LogP) is 9.44. The molecule has 0 N–H and O–H groups in total. The standard InChI is InChI=1S/C29H40F2O/c1-4-6-7-8-10-21(3)32-28-20-26(19-27(30)29(28)31)25-17-15-24(16-18-25)23-13-11-22(9-5-2)12-14-23/h15-23H,4-14H2,1-3H3/t21-,22?,23?/m1/s1. The van der Waals surface area contributed by atoms with Crippen LogP contribution in [-0.2, 0) is 0 Å². The van der Waals surface area contributed by atoms with Crippen LogP contribution in [0.15, 0.2) is 36.4 Å². The van der Waals surface area contributed by atoms with E-state index in [1.165, 1.54) is 63.0 Å². The van der Waals surface area contributed by atoms with E-state index in [-0.39, 0.29) is 11.9 Å². The molecule has 0 aromatic heterocycles. The van der Waals surface area contributed by atoms with Crippen LogP contribution in [0.4, 0.5) is 8.78 Å². The van der Waals surface area contributed by atoms with Gasteiger partial charge in [-0.05, 0) is 86.1 Å². The van der Waals surface area contributed by atoms with Crippen LogP contribution in [0.3, 0.4) is 0 Å². The lowest BCUT2D eigenvalue weighted by atomic mass is 9.77. The third-order valence-corrected chi connectivity index (χ3v) is 7.05. The quantitative estimate of drug-likeness (QED) is 0.315. The topological polar surface area (TPSA) is 9.23 Å². The molecular weight excluding hydrogens is 402 g/mol. The van der Waals surface area contributed by atoms with Gasteiger partial charge < -0.3 is 4.74 Å². The molecule has 1 saturated carbocycles. The van der Waals surface area contributed by atoms with Crippen LogP contribution >= 0.6 is 0 Å². The number of benzene rings is 2. The van der Waals surface area contributed by atoms with Crippen LogP contribution in [-0.4, -0.2) is 6.10 Å². The van der Waals surface area contributed by atoms with E-state index in [1.54, 1.807) is 6.07 Å². The lowest BCUT2D eigenvalue weighted by Crippen LogP contribution is -2.13. The minimum absolute atomic E-state index is 0.0151. The molecule has 0 spiro atoms. The molecule has 2 aromatic rings. The number of halogens is 2. The summed E-state index contributed by atoms with van der Waals surface area (Å²) in [5.41, 5.74) is 2.92. The summed E-state index contributed by atoms with van der Waals surface area (Å²) >= 11 is 0. The predicted molar refractivity (Wildman–Crippen MR) is 130 cm³/mol. The Balaban J connectivity index is 1.66. The summed E-state index contributed by atoms with van der Waals surface area (Å²) in [7, 11) is 0. The van der Waals surface area contributed by atoms with Gasteiger partial charge in [-0.3, -0.25) is 0 Å². The first-order chi connectivity index (χ1) is 15.5. The molecule has 0 bridgehead atoms. The highest BCUT2D eigenvalue weighted by atomic mass is 19.2. The van der Waals surface area contributed by atoms with Crippen molar-refractivity contribution in [2.24, 2.45) is 5.92 Å². The molecule has 1 atom stereocenters. The number of hydrogen-bond acceptors (Lipinski definition) is 1.